The third kappa shape index (κ3) is 3.58. The van der Waals surface area contributed by atoms with E-state index in [0.717, 1.165) is 66.3 Å². The molecule has 0 radical (unpaired) electrons. The number of hydrogen-bond donors (Lipinski definition) is 0. The van der Waals surface area contributed by atoms with Crippen LogP contribution in [0.1, 0.15) is 50.4 Å². The van der Waals surface area contributed by atoms with Crippen molar-refractivity contribution < 1.29 is 4.74 Å². The number of hydrogen-bond acceptors (Lipinski definition) is 4. The van der Waals surface area contributed by atoms with E-state index in [1.165, 1.54) is 11.4 Å². The van der Waals surface area contributed by atoms with E-state index in [9.17, 15) is 0 Å². The van der Waals surface area contributed by atoms with Crippen molar-refractivity contribution >= 4 is 11.5 Å². The van der Waals surface area contributed by atoms with Crippen molar-refractivity contribution in [3.05, 3.63) is 41.3 Å². The standard InChI is InChI=1S/C23H32N4O/c1-7-11-26(12-8-2)23-18(9-3)25-22-21(24-10-13-27(22)23)20-17(5)14-16(4)15-19(20)28-6/h10,13-15H,7-9,11-12H2,1-6H3. The van der Waals surface area contributed by atoms with E-state index < -0.39 is 0 Å². The second-order valence-corrected chi connectivity index (χ2v) is 7.35. The lowest BCUT2D eigenvalue weighted by Gasteiger charge is -2.24. The molecule has 0 saturated carbocycles. The smallest absolute Gasteiger partial charge is 0.165 e. The molecule has 3 aromatic rings. The van der Waals surface area contributed by atoms with Crippen molar-refractivity contribution in [3.8, 4) is 17.0 Å². The van der Waals surface area contributed by atoms with E-state index in [1.807, 2.05) is 12.4 Å². The molecule has 5 nitrogen and oxygen atoms in total. The van der Waals surface area contributed by atoms with Gasteiger partial charge in [0, 0.05) is 31.0 Å². The van der Waals surface area contributed by atoms with Gasteiger partial charge in [-0.2, -0.15) is 0 Å². The van der Waals surface area contributed by atoms with E-state index >= 15 is 0 Å². The van der Waals surface area contributed by atoms with Gasteiger partial charge in [0.15, 0.2) is 5.65 Å². The third-order valence-corrected chi connectivity index (χ3v) is 5.11. The quantitative estimate of drug-likeness (QED) is 0.538. The highest BCUT2D eigenvalue weighted by molar-refractivity contribution is 5.82. The number of aryl methyl sites for hydroxylation is 3. The minimum atomic E-state index is 0.847. The van der Waals surface area contributed by atoms with Crippen molar-refractivity contribution in [3.63, 3.8) is 0 Å². The number of methoxy groups -OCH3 is 1. The third-order valence-electron chi connectivity index (χ3n) is 5.11. The number of imidazole rings is 1. The normalized spacial score (nSPS) is 11.2. The van der Waals surface area contributed by atoms with E-state index in [0.29, 0.717) is 0 Å². The van der Waals surface area contributed by atoms with E-state index in [-0.39, 0.29) is 0 Å². The first kappa shape index (κ1) is 20.2. The molecule has 0 atom stereocenters. The maximum absolute atomic E-state index is 5.71. The molecule has 1 aromatic carbocycles. The highest BCUT2D eigenvalue weighted by atomic mass is 16.5. The van der Waals surface area contributed by atoms with E-state index in [4.69, 9.17) is 14.7 Å². The van der Waals surface area contributed by atoms with Crippen LogP contribution in [0, 0.1) is 13.8 Å². The highest BCUT2D eigenvalue weighted by Crippen LogP contribution is 2.37. The van der Waals surface area contributed by atoms with Crippen LogP contribution in [0.2, 0.25) is 0 Å². The van der Waals surface area contributed by atoms with Gasteiger partial charge >= 0.3 is 0 Å². The molecule has 150 valence electrons. The van der Waals surface area contributed by atoms with Crippen LogP contribution in [-0.4, -0.2) is 34.6 Å². The molecule has 0 amide bonds. The molecule has 2 heterocycles. The molecule has 2 aromatic heterocycles. The first-order chi connectivity index (χ1) is 13.5. The lowest BCUT2D eigenvalue weighted by Crippen LogP contribution is -2.27. The van der Waals surface area contributed by atoms with Gasteiger partial charge in [0.05, 0.1) is 12.8 Å². The van der Waals surface area contributed by atoms with Crippen molar-refractivity contribution in [2.45, 2.75) is 53.9 Å². The number of anilines is 1. The Morgan fingerprint density at radius 1 is 1.07 bits per heavy atom. The SMILES string of the molecule is CCCN(CCC)c1c(CC)nc2c(-c3c(C)cc(C)cc3OC)nccn12. The molecule has 0 N–H and O–H groups in total. The maximum Gasteiger partial charge on any atom is 0.165 e. The van der Waals surface area contributed by atoms with Gasteiger partial charge in [-0.3, -0.25) is 9.38 Å². The fourth-order valence-corrected chi connectivity index (χ4v) is 4.02. The monoisotopic (exact) mass is 380 g/mol. The summed E-state index contributed by atoms with van der Waals surface area (Å²) in [5.41, 5.74) is 6.26. The molecule has 0 aliphatic carbocycles. The summed E-state index contributed by atoms with van der Waals surface area (Å²) in [6.45, 7) is 12.9. The van der Waals surface area contributed by atoms with Gasteiger partial charge in [0.1, 0.15) is 17.3 Å². The molecule has 0 bridgehead atoms. The number of nitrogens with zero attached hydrogens (tertiary/aromatic N) is 4. The number of aromatic nitrogens is 3. The summed E-state index contributed by atoms with van der Waals surface area (Å²) in [5, 5.41) is 0. The molecular formula is C23H32N4O. The second kappa shape index (κ2) is 8.63. The van der Waals surface area contributed by atoms with Crippen LogP contribution in [0.25, 0.3) is 16.9 Å². The molecule has 0 aliphatic rings. The summed E-state index contributed by atoms with van der Waals surface area (Å²) >= 11 is 0. The van der Waals surface area contributed by atoms with Gasteiger partial charge in [0.25, 0.3) is 0 Å². The van der Waals surface area contributed by atoms with Crippen molar-refractivity contribution in [2.24, 2.45) is 0 Å². The topological polar surface area (TPSA) is 42.7 Å². The van der Waals surface area contributed by atoms with Crippen LogP contribution >= 0.6 is 0 Å². The Morgan fingerprint density at radius 2 is 1.79 bits per heavy atom. The first-order valence-corrected chi connectivity index (χ1v) is 10.3. The molecule has 0 saturated heterocycles. The summed E-state index contributed by atoms with van der Waals surface area (Å²) in [4.78, 5) is 12.2. The summed E-state index contributed by atoms with van der Waals surface area (Å²) in [5.74, 6) is 2.05. The van der Waals surface area contributed by atoms with Crippen molar-refractivity contribution in [1.29, 1.82) is 0 Å². The molecule has 0 spiro atoms. The molecule has 3 rings (SSSR count). The maximum atomic E-state index is 5.71. The summed E-state index contributed by atoms with van der Waals surface area (Å²) < 4.78 is 7.92. The van der Waals surface area contributed by atoms with Crippen LogP contribution in [0.3, 0.4) is 0 Å². The Balaban J connectivity index is 2.29. The zero-order valence-electron chi connectivity index (χ0n) is 18.0. The number of benzene rings is 1. The largest absolute Gasteiger partial charge is 0.496 e. The zero-order valence-corrected chi connectivity index (χ0v) is 18.0. The average molecular weight is 381 g/mol. The van der Waals surface area contributed by atoms with Crippen LogP contribution in [0.15, 0.2) is 24.5 Å². The highest BCUT2D eigenvalue weighted by Gasteiger charge is 2.22. The van der Waals surface area contributed by atoms with Crippen molar-refractivity contribution in [1.82, 2.24) is 14.4 Å². The Morgan fingerprint density at radius 3 is 2.39 bits per heavy atom. The van der Waals surface area contributed by atoms with Gasteiger partial charge < -0.3 is 9.64 Å². The summed E-state index contributed by atoms with van der Waals surface area (Å²) in [6, 6.07) is 4.24. The zero-order chi connectivity index (χ0) is 20.3. The lowest BCUT2D eigenvalue weighted by molar-refractivity contribution is 0.415. The number of rotatable bonds is 8. The first-order valence-electron chi connectivity index (χ1n) is 10.3. The Bertz CT molecular complexity index is 955. The van der Waals surface area contributed by atoms with Crippen molar-refractivity contribution in [2.75, 3.05) is 25.1 Å². The Kier molecular flexibility index (Phi) is 6.22. The summed E-state index contributed by atoms with van der Waals surface area (Å²) in [7, 11) is 1.72. The molecule has 28 heavy (non-hydrogen) atoms. The molecule has 0 unspecified atom stereocenters. The molecule has 5 heteroatoms. The van der Waals surface area contributed by atoms with Gasteiger partial charge in [0.2, 0.25) is 0 Å². The fourth-order valence-electron chi connectivity index (χ4n) is 4.02. The summed E-state index contributed by atoms with van der Waals surface area (Å²) in [6.07, 6.45) is 7.03. The predicted octanol–water partition coefficient (Wildman–Crippen LogP) is 5.21. The van der Waals surface area contributed by atoms with Gasteiger partial charge in [-0.25, -0.2) is 4.98 Å². The minimum Gasteiger partial charge on any atom is -0.496 e. The minimum absolute atomic E-state index is 0.847. The van der Waals surface area contributed by atoms with E-state index in [1.54, 1.807) is 7.11 Å². The Labute approximate surface area is 168 Å². The van der Waals surface area contributed by atoms with E-state index in [2.05, 4.69) is 56.1 Å². The van der Waals surface area contributed by atoms with Crippen LogP contribution in [0.5, 0.6) is 5.75 Å². The van der Waals surface area contributed by atoms with Crippen LogP contribution in [-0.2, 0) is 6.42 Å². The van der Waals surface area contributed by atoms with Gasteiger partial charge in [-0.05, 0) is 50.3 Å². The number of ether oxygens (including phenoxy) is 1. The average Bonchev–Trinajstić information content (AvgIpc) is 3.06. The van der Waals surface area contributed by atoms with Crippen LogP contribution in [0.4, 0.5) is 5.82 Å². The number of fused-ring (bicyclic) bond motifs is 1. The predicted molar refractivity (Wildman–Crippen MR) is 117 cm³/mol. The van der Waals surface area contributed by atoms with Crippen LogP contribution < -0.4 is 9.64 Å². The van der Waals surface area contributed by atoms with Gasteiger partial charge in [-0.1, -0.05) is 26.8 Å². The Hall–Kier alpha value is -2.56. The molecule has 0 aliphatic heterocycles. The molecular weight excluding hydrogens is 348 g/mol. The second-order valence-electron chi connectivity index (χ2n) is 7.35. The molecule has 0 fully saturated rings. The lowest BCUT2D eigenvalue weighted by atomic mass is 10.0. The van der Waals surface area contributed by atoms with Gasteiger partial charge in [-0.15, -0.1) is 0 Å². The fraction of sp³-hybridized carbons (Fsp3) is 0.478.